The van der Waals surface area contributed by atoms with Crippen LogP contribution in [0.3, 0.4) is 0 Å². The fourth-order valence-corrected chi connectivity index (χ4v) is 2.54. The predicted molar refractivity (Wildman–Crippen MR) is 101 cm³/mol. The maximum atomic E-state index is 13.3. The highest BCUT2D eigenvalue weighted by molar-refractivity contribution is 6.31. The molecule has 2 aromatic carbocycles. The van der Waals surface area contributed by atoms with E-state index in [4.69, 9.17) is 11.6 Å². The Labute approximate surface area is 155 Å². The van der Waals surface area contributed by atoms with E-state index in [0.29, 0.717) is 22.1 Å². The second kappa shape index (κ2) is 7.49. The van der Waals surface area contributed by atoms with Crippen LogP contribution in [0.15, 0.2) is 48.5 Å². The Bertz CT molecular complexity index is 978. The van der Waals surface area contributed by atoms with Crippen molar-refractivity contribution in [1.29, 1.82) is 0 Å². The van der Waals surface area contributed by atoms with Crippen molar-refractivity contribution >= 4 is 34.8 Å². The Morgan fingerprint density at radius 2 is 1.85 bits per heavy atom. The van der Waals surface area contributed by atoms with Gasteiger partial charge >= 0.3 is 0 Å². The van der Waals surface area contributed by atoms with Crippen LogP contribution in [0.1, 0.15) is 21.7 Å². The molecular weight excluding hydrogens is 355 g/mol. The lowest BCUT2D eigenvalue weighted by atomic mass is 10.2. The fourth-order valence-electron chi connectivity index (χ4n) is 2.37. The molecule has 1 amide bonds. The third kappa shape index (κ3) is 4.15. The quantitative estimate of drug-likeness (QED) is 0.686. The van der Waals surface area contributed by atoms with Crippen molar-refractivity contribution < 1.29 is 9.18 Å². The first kappa shape index (κ1) is 17.8. The third-order valence-electron chi connectivity index (χ3n) is 3.68. The average molecular weight is 371 g/mol. The first-order valence-electron chi connectivity index (χ1n) is 7.87. The van der Waals surface area contributed by atoms with Gasteiger partial charge in [-0.2, -0.15) is 0 Å². The van der Waals surface area contributed by atoms with E-state index >= 15 is 0 Å². The number of amides is 1. The number of hydrogen-bond acceptors (Lipinski definition) is 4. The van der Waals surface area contributed by atoms with Crippen molar-refractivity contribution in [2.75, 3.05) is 10.6 Å². The number of benzene rings is 2. The normalized spacial score (nSPS) is 10.5. The van der Waals surface area contributed by atoms with Gasteiger partial charge in [0.2, 0.25) is 5.95 Å². The number of rotatable bonds is 4. The van der Waals surface area contributed by atoms with E-state index in [1.807, 2.05) is 6.92 Å². The monoisotopic (exact) mass is 370 g/mol. The maximum absolute atomic E-state index is 13.3. The minimum atomic E-state index is -0.386. The zero-order valence-electron chi connectivity index (χ0n) is 14.2. The number of halogens is 2. The van der Waals surface area contributed by atoms with Gasteiger partial charge in [0, 0.05) is 22.1 Å². The Hall–Kier alpha value is -2.99. The molecule has 3 aromatic rings. The molecule has 0 unspecified atom stereocenters. The number of anilines is 3. The van der Waals surface area contributed by atoms with Crippen LogP contribution in [-0.4, -0.2) is 15.9 Å². The van der Waals surface area contributed by atoms with Crippen LogP contribution < -0.4 is 10.6 Å². The van der Waals surface area contributed by atoms with E-state index in [1.165, 1.54) is 12.1 Å². The molecule has 0 bridgehead atoms. The lowest BCUT2D eigenvalue weighted by Crippen LogP contribution is -2.16. The first-order valence-corrected chi connectivity index (χ1v) is 8.25. The lowest BCUT2D eigenvalue weighted by molar-refractivity contribution is 0.102. The minimum Gasteiger partial charge on any atom is -0.324 e. The number of aryl methyl sites for hydroxylation is 1. The number of nitrogens with one attached hydrogen (secondary N) is 2. The Kier molecular flexibility index (Phi) is 5.14. The van der Waals surface area contributed by atoms with Gasteiger partial charge in [0.15, 0.2) is 0 Å². The first-order chi connectivity index (χ1) is 12.4. The largest absolute Gasteiger partial charge is 0.324 e. The molecule has 0 fully saturated rings. The van der Waals surface area contributed by atoms with Gasteiger partial charge in [-0.15, -0.1) is 0 Å². The van der Waals surface area contributed by atoms with Crippen LogP contribution in [0, 0.1) is 19.7 Å². The van der Waals surface area contributed by atoms with Gasteiger partial charge in [-0.3, -0.25) is 4.79 Å². The molecule has 1 heterocycles. The van der Waals surface area contributed by atoms with Crippen LogP contribution in [0.2, 0.25) is 5.02 Å². The standard InChI is InChI=1S/C19H16ClFN4O/c1-11-9-17(18(26)24-16-8-4-7-15(20)12(16)2)25-19(22-11)23-14-6-3-5-13(21)10-14/h3-10H,1-2H3,(H,24,26)(H,22,23,25). The van der Waals surface area contributed by atoms with E-state index < -0.39 is 0 Å². The van der Waals surface area contributed by atoms with Crippen LogP contribution in [-0.2, 0) is 0 Å². The summed E-state index contributed by atoms with van der Waals surface area (Å²) in [6.45, 7) is 3.57. The molecule has 0 aliphatic carbocycles. The van der Waals surface area contributed by atoms with Gasteiger partial charge in [-0.1, -0.05) is 23.7 Å². The summed E-state index contributed by atoms with van der Waals surface area (Å²) < 4.78 is 13.3. The summed E-state index contributed by atoms with van der Waals surface area (Å²) in [5.41, 5.74) is 2.67. The zero-order valence-corrected chi connectivity index (χ0v) is 14.9. The van der Waals surface area contributed by atoms with Crippen molar-refractivity contribution in [3.63, 3.8) is 0 Å². The van der Waals surface area contributed by atoms with E-state index in [9.17, 15) is 9.18 Å². The summed E-state index contributed by atoms with van der Waals surface area (Å²) in [5.74, 6) is -0.552. The Morgan fingerprint density at radius 3 is 2.62 bits per heavy atom. The minimum absolute atomic E-state index is 0.191. The van der Waals surface area contributed by atoms with Gasteiger partial charge < -0.3 is 10.6 Å². The van der Waals surface area contributed by atoms with Gasteiger partial charge in [0.1, 0.15) is 11.5 Å². The summed E-state index contributed by atoms with van der Waals surface area (Å²) in [5, 5.41) is 6.26. The second-order valence-corrected chi connectivity index (χ2v) is 6.13. The van der Waals surface area contributed by atoms with Crippen molar-refractivity contribution in [3.8, 4) is 0 Å². The number of aromatic nitrogens is 2. The van der Waals surface area contributed by atoms with Crippen LogP contribution in [0.5, 0.6) is 0 Å². The third-order valence-corrected chi connectivity index (χ3v) is 4.09. The molecular formula is C19H16ClFN4O. The maximum Gasteiger partial charge on any atom is 0.274 e. The van der Waals surface area contributed by atoms with Gasteiger partial charge in [-0.25, -0.2) is 14.4 Å². The second-order valence-electron chi connectivity index (χ2n) is 5.72. The molecule has 0 saturated carbocycles. The average Bonchev–Trinajstić information content (AvgIpc) is 2.58. The molecule has 0 radical (unpaired) electrons. The fraction of sp³-hybridized carbons (Fsp3) is 0.105. The van der Waals surface area contributed by atoms with Crippen LogP contribution >= 0.6 is 11.6 Å². The number of carbonyl (C=O) groups excluding carboxylic acids is 1. The molecule has 132 valence electrons. The highest BCUT2D eigenvalue weighted by Crippen LogP contribution is 2.23. The summed E-state index contributed by atoms with van der Waals surface area (Å²) >= 11 is 6.08. The summed E-state index contributed by atoms with van der Waals surface area (Å²) in [6, 6.07) is 12.8. The molecule has 2 N–H and O–H groups in total. The summed E-state index contributed by atoms with van der Waals surface area (Å²) in [4.78, 5) is 21.0. The molecule has 0 atom stereocenters. The topological polar surface area (TPSA) is 66.9 Å². The Balaban J connectivity index is 1.84. The van der Waals surface area contributed by atoms with Gasteiger partial charge in [0.05, 0.1) is 0 Å². The van der Waals surface area contributed by atoms with E-state index in [0.717, 1.165) is 5.56 Å². The van der Waals surface area contributed by atoms with Gasteiger partial charge in [-0.05, 0) is 55.8 Å². The van der Waals surface area contributed by atoms with E-state index in [2.05, 4.69) is 20.6 Å². The molecule has 3 rings (SSSR count). The van der Waals surface area contributed by atoms with Crippen LogP contribution in [0.4, 0.5) is 21.7 Å². The molecule has 7 heteroatoms. The molecule has 5 nitrogen and oxygen atoms in total. The van der Waals surface area contributed by atoms with E-state index in [1.54, 1.807) is 43.3 Å². The van der Waals surface area contributed by atoms with Crippen molar-refractivity contribution in [1.82, 2.24) is 9.97 Å². The Morgan fingerprint density at radius 1 is 1.08 bits per heavy atom. The zero-order chi connectivity index (χ0) is 18.7. The van der Waals surface area contributed by atoms with Crippen molar-refractivity contribution in [2.24, 2.45) is 0 Å². The molecule has 0 saturated heterocycles. The highest BCUT2D eigenvalue weighted by atomic mass is 35.5. The smallest absolute Gasteiger partial charge is 0.274 e. The van der Waals surface area contributed by atoms with E-state index in [-0.39, 0.29) is 23.4 Å². The molecule has 1 aromatic heterocycles. The number of nitrogens with zero attached hydrogens (tertiary/aromatic N) is 2. The molecule has 26 heavy (non-hydrogen) atoms. The van der Waals surface area contributed by atoms with Crippen molar-refractivity contribution in [3.05, 3.63) is 76.3 Å². The summed E-state index contributed by atoms with van der Waals surface area (Å²) in [7, 11) is 0. The molecule has 0 aliphatic heterocycles. The van der Waals surface area contributed by atoms with Crippen LogP contribution in [0.25, 0.3) is 0 Å². The summed E-state index contributed by atoms with van der Waals surface area (Å²) in [6.07, 6.45) is 0. The molecule has 0 aliphatic rings. The SMILES string of the molecule is Cc1cc(C(=O)Nc2cccc(Cl)c2C)nc(Nc2cccc(F)c2)n1. The lowest BCUT2D eigenvalue weighted by Gasteiger charge is -2.11. The number of carbonyl (C=O) groups is 1. The van der Waals surface area contributed by atoms with Gasteiger partial charge in [0.25, 0.3) is 5.91 Å². The van der Waals surface area contributed by atoms with Crippen molar-refractivity contribution in [2.45, 2.75) is 13.8 Å². The molecule has 0 spiro atoms. The number of hydrogen-bond donors (Lipinski definition) is 2. The highest BCUT2D eigenvalue weighted by Gasteiger charge is 2.13. The predicted octanol–water partition coefficient (Wildman–Crippen LogP) is 4.88.